The van der Waals surface area contributed by atoms with E-state index in [0.29, 0.717) is 5.56 Å². The highest BCUT2D eigenvalue weighted by Gasteiger charge is 2.36. The number of hydrogen-bond donors (Lipinski definition) is 1. The van der Waals surface area contributed by atoms with Crippen molar-refractivity contribution in [3.8, 4) is 0 Å². The van der Waals surface area contributed by atoms with Crippen LogP contribution < -0.4 is 0 Å². The quantitative estimate of drug-likeness (QED) is 0.924. The molecule has 0 saturated carbocycles. The Hall–Kier alpha value is -1.40. The fraction of sp³-hybridized carbons (Fsp3) is 0.500. The summed E-state index contributed by atoms with van der Waals surface area (Å²) >= 11 is 0. The lowest BCUT2D eigenvalue weighted by molar-refractivity contribution is -0.138. The van der Waals surface area contributed by atoms with Crippen LogP contribution in [-0.4, -0.2) is 35.9 Å². The van der Waals surface area contributed by atoms with E-state index in [2.05, 4.69) is 0 Å². The van der Waals surface area contributed by atoms with Crippen LogP contribution in [0.15, 0.2) is 23.1 Å². The minimum absolute atomic E-state index is 0.161. The van der Waals surface area contributed by atoms with E-state index in [0.717, 1.165) is 9.87 Å². The van der Waals surface area contributed by atoms with Crippen molar-refractivity contribution in [3.63, 3.8) is 0 Å². The number of carboxylic acids is 1. The molecule has 0 bridgehead atoms. The summed E-state index contributed by atoms with van der Waals surface area (Å²) in [4.78, 5) is 11.1. The minimum Gasteiger partial charge on any atom is -0.480 e. The Balaban J connectivity index is 3.44. The summed E-state index contributed by atoms with van der Waals surface area (Å²) in [6.45, 7) is 7.99. The van der Waals surface area contributed by atoms with E-state index < -0.39 is 28.1 Å². The summed E-state index contributed by atoms with van der Waals surface area (Å²) in [5.41, 5.74) is 0.613. The van der Waals surface area contributed by atoms with Crippen LogP contribution in [0.2, 0.25) is 0 Å². The zero-order valence-electron chi connectivity index (χ0n) is 12.5. The van der Waals surface area contributed by atoms with Crippen LogP contribution in [0.3, 0.4) is 0 Å². The van der Waals surface area contributed by atoms with Crippen LogP contribution in [-0.2, 0) is 14.8 Å². The van der Waals surface area contributed by atoms with E-state index in [1.54, 1.807) is 46.8 Å². The molecule has 0 fully saturated rings. The van der Waals surface area contributed by atoms with E-state index >= 15 is 0 Å². The first-order valence-electron chi connectivity index (χ1n) is 6.28. The summed E-state index contributed by atoms with van der Waals surface area (Å²) in [6, 6.07) is 5.13. The lowest BCUT2D eigenvalue weighted by Crippen LogP contribution is -2.48. The van der Waals surface area contributed by atoms with E-state index in [1.807, 2.05) is 6.07 Å². The van der Waals surface area contributed by atoms with Crippen molar-refractivity contribution in [1.82, 2.24) is 4.31 Å². The van der Waals surface area contributed by atoms with Crippen LogP contribution in [0.5, 0.6) is 0 Å². The molecule has 112 valence electrons. The van der Waals surface area contributed by atoms with Crippen molar-refractivity contribution in [1.29, 1.82) is 0 Å². The molecule has 20 heavy (non-hydrogen) atoms. The second-order valence-corrected chi connectivity index (χ2v) is 7.68. The Morgan fingerprint density at radius 1 is 1.25 bits per heavy atom. The maximum atomic E-state index is 12.8. The summed E-state index contributed by atoms with van der Waals surface area (Å²) < 4.78 is 26.5. The largest absolute Gasteiger partial charge is 0.480 e. The lowest BCUT2D eigenvalue weighted by Gasteiger charge is -2.33. The van der Waals surface area contributed by atoms with Gasteiger partial charge in [0, 0.05) is 5.54 Å². The van der Waals surface area contributed by atoms with Gasteiger partial charge in [-0.15, -0.1) is 0 Å². The molecule has 0 aliphatic heterocycles. The van der Waals surface area contributed by atoms with Gasteiger partial charge in [0.2, 0.25) is 10.0 Å². The Morgan fingerprint density at radius 2 is 1.80 bits per heavy atom. The van der Waals surface area contributed by atoms with Crippen LogP contribution in [0.1, 0.15) is 31.9 Å². The molecule has 1 rings (SSSR count). The molecule has 1 N–H and O–H groups in total. The Morgan fingerprint density at radius 3 is 2.25 bits per heavy atom. The maximum Gasteiger partial charge on any atom is 0.318 e. The van der Waals surface area contributed by atoms with Crippen molar-refractivity contribution in [2.45, 2.75) is 45.1 Å². The molecule has 0 aliphatic rings. The summed E-state index contributed by atoms with van der Waals surface area (Å²) in [6.07, 6.45) is 0. The van der Waals surface area contributed by atoms with E-state index in [1.165, 1.54) is 0 Å². The molecule has 0 atom stereocenters. The van der Waals surface area contributed by atoms with Gasteiger partial charge in [-0.05, 0) is 51.8 Å². The number of hydrogen-bond acceptors (Lipinski definition) is 3. The molecular formula is C14H21NO4S. The van der Waals surface area contributed by atoms with Gasteiger partial charge in [-0.3, -0.25) is 4.79 Å². The summed E-state index contributed by atoms with van der Waals surface area (Å²) in [5, 5.41) is 8.98. The van der Waals surface area contributed by atoms with Gasteiger partial charge in [-0.2, -0.15) is 4.31 Å². The number of nitrogens with zero attached hydrogens (tertiary/aromatic N) is 1. The van der Waals surface area contributed by atoms with Gasteiger partial charge in [-0.25, -0.2) is 8.42 Å². The summed E-state index contributed by atoms with van der Waals surface area (Å²) in [5.74, 6) is -1.17. The molecule has 0 unspecified atom stereocenters. The number of sulfonamides is 1. The molecule has 0 aliphatic carbocycles. The summed E-state index contributed by atoms with van der Waals surface area (Å²) in [7, 11) is -3.85. The number of benzene rings is 1. The fourth-order valence-electron chi connectivity index (χ4n) is 1.91. The van der Waals surface area contributed by atoms with Gasteiger partial charge < -0.3 is 5.11 Å². The SMILES string of the molecule is Cc1ccc(C)c(S(=O)(=O)N(CC(=O)O)C(C)(C)C)c1. The molecular weight excluding hydrogens is 278 g/mol. The molecule has 0 spiro atoms. The highest BCUT2D eigenvalue weighted by molar-refractivity contribution is 7.89. The Labute approximate surface area is 120 Å². The molecule has 0 radical (unpaired) electrons. The van der Waals surface area contributed by atoms with E-state index in [-0.39, 0.29) is 4.90 Å². The standard InChI is InChI=1S/C14H21NO4S/c1-10-6-7-11(2)12(8-10)20(18,19)15(9-13(16)17)14(3,4)5/h6-8H,9H2,1-5H3,(H,16,17). The van der Waals surface area contributed by atoms with Crippen molar-refractivity contribution in [2.24, 2.45) is 0 Å². The maximum absolute atomic E-state index is 12.8. The molecule has 0 amide bonds. The van der Waals surface area contributed by atoms with Crippen molar-refractivity contribution < 1.29 is 18.3 Å². The number of aryl methyl sites for hydroxylation is 2. The van der Waals surface area contributed by atoms with Crippen LogP contribution in [0.25, 0.3) is 0 Å². The molecule has 1 aromatic rings. The highest BCUT2D eigenvalue weighted by atomic mass is 32.2. The van der Waals surface area contributed by atoms with Crippen LogP contribution in [0.4, 0.5) is 0 Å². The predicted molar refractivity (Wildman–Crippen MR) is 77.2 cm³/mol. The Kier molecular flexibility index (Phi) is 4.61. The molecule has 0 heterocycles. The number of carboxylic acid groups (broad SMARTS) is 1. The molecule has 0 aromatic heterocycles. The van der Waals surface area contributed by atoms with Gasteiger partial charge in [0.1, 0.15) is 6.54 Å². The minimum atomic E-state index is -3.85. The first kappa shape index (κ1) is 16.7. The first-order valence-corrected chi connectivity index (χ1v) is 7.72. The van der Waals surface area contributed by atoms with Gasteiger partial charge in [0.15, 0.2) is 0 Å². The third-order valence-corrected chi connectivity index (χ3v) is 5.19. The fourth-order valence-corrected chi connectivity index (χ4v) is 3.96. The van der Waals surface area contributed by atoms with E-state index in [9.17, 15) is 13.2 Å². The van der Waals surface area contributed by atoms with Crippen LogP contribution >= 0.6 is 0 Å². The average molecular weight is 299 g/mol. The van der Waals surface area contributed by atoms with Crippen molar-refractivity contribution in [3.05, 3.63) is 29.3 Å². The lowest BCUT2D eigenvalue weighted by atomic mass is 10.1. The number of aliphatic carboxylic acids is 1. The monoisotopic (exact) mass is 299 g/mol. The van der Waals surface area contributed by atoms with Gasteiger partial charge in [-0.1, -0.05) is 12.1 Å². The zero-order valence-corrected chi connectivity index (χ0v) is 13.3. The number of carbonyl (C=O) groups is 1. The van der Waals surface area contributed by atoms with Crippen molar-refractivity contribution >= 4 is 16.0 Å². The molecule has 0 saturated heterocycles. The van der Waals surface area contributed by atoms with Crippen molar-refractivity contribution in [2.75, 3.05) is 6.54 Å². The third kappa shape index (κ3) is 3.58. The highest BCUT2D eigenvalue weighted by Crippen LogP contribution is 2.27. The predicted octanol–water partition coefficient (Wildman–Crippen LogP) is 2.18. The van der Waals surface area contributed by atoms with Gasteiger partial charge >= 0.3 is 5.97 Å². The Bertz CT molecular complexity index is 615. The average Bonchev–Trinajstić information content (AvgIpc) is 2.27. The van der Waals surface area contributed by atoms with Gasteiger partial charge in [0.25, 0.3) is 0 Å². The topological polar surface area (TPSA) is 74.7 Å². The second kappa shape index (κ2) is 5.54. The van der Waals surface area contributed by atoms with E-state index in [4.69, 9.17) is 5.11 Å². The van der Waals surface area contributed by atoms with Crippen LogP contribution in [0, 0.1) is 13.8 Å². The second-order valence-electron chi connectivity index (χ2n) is 5.85. The zero-order chi connectivity index (χ0) is 15.7. The number of rotatable bonds is 4. The van der Waals surface area contributed by atoms with Gasteiger partial charge in [0.05, 0.1) is 4.90 Å². The molecule has 1 aromatic carbocycles. The third-order valence-electron chi connectivity index (χ3n) is 2.94. The molecule has 5 nitrogen and oxygen atoms in total. The first-order chi connectivity index (χ1) is 8.96. The smallest absolute Gasteiger partial charge is 0.318 e. The normalized spacial score (nSPS) is 12.7. The molecule has 6 heteroatoms.